The topological polar surface area (TPSA) is 32.3 Å². The number of alkyl halides is 1. The first kappa shape index (κ1) is 9.46. The van der Waals surface area contributed by atoms with E-state index in [4.69, 9.17) is 0 Å². The molecule has 1 aliphatic heterocycles. The average Bonchev–Trinajstić information content (AvgIpc) is 2.25. The van der Waals surface area contributed by atoms with Gasteiger partial charge in [0.15, 0.2) is 0 Å². The average molecular weight is 195 g/mol. The van der Waals surface area contributed by atoms with Crippen LogP contribution >= 0.6 is 0 Å². The molecule has 1 heterocycles. The zero-order chi connectivity index (χ0) is 10.2. The third-order valence-corrected chi connectivity index (χ3v) is 2.74. The Kier molecular flexibility index (Phi) is 2.19. The molecule has 0 saturated heterocycles. The minimum atomic E-state index is -1.29. The Morgan fingerprint density at radius 2 is 2.29 bits per heavy atom. The summed E-state index contributed by atoms with van der Waals surface area (Å²) in [6.45, 7) is 2.89. The number of hydrogen-bond acceptors (Lipinski definition) is 2. The predicted molar refractivity (Wildman–Crippen MR) is 52.9 cm³/mol. The molecule has 0 radical (unpaired) electrons. The summed E-state index contributed by atoms with van der Waals surface area (Å²) < 4.78 is 14.1. The van der Waals surface area contributed by atoms with E-state index in [2.05, 4.69) is 5.32 Å². The maximum absolute atomic E-state index is 14.1. The molecule has 0 spiro atoms. The number of rotatable bonds is 0. The molecule has 14 heavy (non-hydrogen) atoms. The molecule has 2 nitrogen and oxygen atoms in total. The molecule has 1 unspecified atom stereocenters. The summed E-state index contributed by atoms with van der Waals surface area (Å²) in [5.41, 5.74) is 0.264. The molecule has 1 aliphatic rings. The van der Waals surface area contributed by atoms with E-state index in [0.717, 1.165) is 5.56 Å². The Morgan fingerprint density at radius 3 is 3.07 bits per heavy atom. The van der Waals surface area contributed by atoms with Gasteiger partial charge in [0, 0.05) is 6.54 Å². The van der Waals surface area contributed by atoms with Crippen LogP contribution in [-0.4, -0.2) is 11.7 Å². The van der Waals surface area contributed by atoms with Crippen LogP contribution in [0.1, 0.15) is 24.5 Å². The molecule has 1 aromatic rings. The summed E-state index contributed by atoms with van der Waals surface area (Å²) in [5.74, 6) is 0.197. The molecule has 3 heteroatoms. The Balaban J connectivity index is 2.50. The minimum Gasteiger partial charge on any atom is -0.508 e. The van der Waals surface area contributed by atoms with Gasteiger partial charge in [-0.3, -0.25) is 0 Å². The molecule has 1 aromatic carbocycles. The first-order chi connectivity index (χ1) is 6.59. The molecule has 0 saturated carbocycles. The maximum atomic E-state index is 14.1. The monoisotopic (exact) mass is 195 g/mol. The number of halogens is 1. The third-order valence-electron chi connectivity index (χ3n) is 2.74. The van der Waals surface area contributed by atoms with Gasteiger partial charge in [-0.1, -0.05) is 6.07 Å². The fourth-order valence-corrected chi connectivity index (χ4v) is 1.92. The Morgan fingerprint density at radius 1 is 1.50 bits per heavy atom. The van der Waals surface area contributed by atoms with Crippen LogP contribution in [0.3, 0.4) is 0 Å². The number of hydrogen-bond donors (Lipinski definition) is 2. The second kappa shape index (κ2) is 3.24. The molecule has 0 fully saturated rings. The van der Waals surface area contributed by atoms with Gasteiger partial charge in [-0.25, -0.2) is 4.39 Å². The lowest BCUT2D eigenvalue weighted by Gasteiger charge is -2.20. The second-order valence-electron chi connectivity index (χ2n) is 3.97. The molecule has 0 amide bonds. The van der Waals surface area contributed by atoms with Gasteiger partial charge in [0.1, 0.15) is 11.4 Å². The van der Waals surface area contributed by atoms with Crippen molar-refractivity contribution in [3.8, 4) is 5.75 Å². The molecule has 0 aliphatic carbocycles. The quantitative estimate of drug-likeness (QED) is 0.664. The summed E-state index contributed by atoms with van der Waals surface area (Å²) in [4.78, 5) is 0. The van der Waals surface area contributed by atoms with E-state index in [-0.39, 0.29) is 5.75 Å². The normalized spacial score (nSPS) is 26.7. The number of phenolic OH excluding ortho intramolecular Hbond substituents is 1. The molecule has 76 valence electrons. The van der Waals surface area contributed by atoms with Crippen LogP contribution in [0, 0.1) is 0 Å². The number of fused-ring (bicyclic) bond motifs is 1. The largest absolute Gasteiger partial charge is 0.508 e. The molecular weight excluding hydrogens is 181 g/mol. The van der Waals surface area contributed by atoms with Crippen LogP contribution < -0.4 is 5.32 Å². The van der Waals surface area contributed by atoms with Gasteiger partial charge in [0.05, 0.1) is 0 Å². The number of benzene rings is 1. The lowest BCUT2D eigenvalue weighted by atomic mass is 9.91. The van der Waals surface area contributed by atoms with Crippen LogP contribution in [0.15, 0.2) is 18.2 Å². The maximum Gasteiger partial charge on any atom is 0.134 e. The van der Waals surface area contributed by atoms with Crippen molar-refractivity contribution in [3.63, 3.8) is 0 Å². The summed E-state index contributed by atoms with van der Waals surface area (Å²) in [7, 11) is 0. The van der Waals surface area contributed by atoms with Crippen LogP contribution in [0.4, 0.5) is 4.39 Å². The summed E-state index contributed by atoms with van der Waals surface area (Å²) in [6, 6.07) is 4.85. The highest BCUT2D eigenvalue weighted by molar-refractivity contribution is 5.38. The number of phenols is 1. The van der Waals surface area contributed by atoms with Crippen molar-refractivity contribution in [1.82, 2.24) is 5.32 Å². The highest BCUT2D eigenvalue weighted by Crippen LogP contribution is 2.34. The lowest BCUT2D eigenvalue weighted by Crippen LogP contribution is -2.18. The van der Waals surface area contributed by atoms with Crippen molar-refractivity contribution >= 4 is 0 Å². The molecule has 2 N–H and O–H groups in total. The Labute approximate surface area is 82.8 Å². The van der Waals surface area contributed by atoms with Gasteiger partial charge in [0.25, 0.3) is 0 Å². The molecule has 2 rings (SSSR count). The standard InChI is InChI=1S/C11H14FNO/c1-11(12)4-5-13-7-8-6-9(14)2-3-10(8)11/h2-3,6,13-14H,4-5,7H2,1H3. The molecular formula is C11H14FNO. The zero-order valence-electron chi connectivity index (χ0n) is 8.18. The first-order valence-corrected chi connectivity index (χ1v) is 4.81. The fraction of sp³-hybridized carbons (Fsp3) is 0.455. The fourth-order valence-electron chi connectivity index (χ4n) is 1.92. The Bertz CT molecular complexity index is 349. The molecule has 1 atom stereocenters. The Hall–Kier alpha value is -1.09. The van der Waals surface area contributed by atoms with E-state index in [1.165, 1.54) is 0 Å². The SMILES string of the molecule is CC1(F)CCNCc2cc(O)ccc21. The van der Waals surface area contributed by atoms with Gasteiger partial charge in [0.2, 0.25) is 0 Å². The lowest BCUT2D eigenvalue weighted by molar-refractivity contribution is 0.180. The number of aromatic hydroxyl groups is 1. The van der Waals surface area contributed by atoms with E-state index in [1.54, 1.807) is 25.1 Å². The van der Waals surface area contributed by atoms with Crippen molar-refractivity contribution < 1.29 is 9.50 Å². The minimum absolute atomic E-state index is 0.197. The van der Waals surface area contributed by atoms with Crippen molar-refractivity contribution in [2.45, 2.75) is 25.6 Å². The molecule has 0 bridgehead atoms. The second-order valence-corrected chi connectivity index (χ2v) is 3.97. The predicted octanol–water partition coefficient (Wildman–Crippen LogP) is 2.07. The van der Waals surface area contributed by atoms with Crippen molar-refractivity contribution in [1.29, 1.82) is 0 Å². The van der Waals surface area contributed by atoms with Gasteiger partial charge in [-0.05, 0) is 43.1 Å². The third kappa shape index (κ3) is 1.60. The van der Waals surface area contributed by atoms with Crippen LogP contribution in [-0.2, 0) is 12.2 Å². The summed E-state index contributed by atoms with van der Waals surface area (Å²) in [5, 5.41) is 12.4. The molecule has 0 aromatic heterocycles. The smallest absolute Gasteiger partial charge is 0.134 e. The van der Waals surface area contributed by atoms with E-state index in [0.29, 0.717) is 25.1 Å². The summed E-state index contributed by atoms with van der Waals surface area (Å²) >= 11 is 0. The van der Waals surface area contributed by atoms with Gasteiger partial charge >= 0.3 is 0 Å². The highest BCUT2D eigenvalue weighted by atomic mass is 19.1. The zero-order valence-corrected chi connectivity index (χ0v) is 8.18. The van der Waals surface area contributed by atoms with E-state index in [1.807, 2.05) is 0 Å². The van der Waals surface area contributed by atoms with Crippen molar-refractivity contribution in [2.24, 2.45) is 0 Å². The summed E-state index contributed by atoms with van der Waals surface area (Å²) in [6.07, 6.45) is 0.477. The van der Waals surface area contributed by atoms with E-state index >= 15 is 0 Å². The van der Waals surface area contributed by atoms with E-state index < -0.39 is 5.67 Å². The van der Waals surface area contributed by atoms with Crippen LogP contribution in [0.25, 0.3) is 0 Å². The van der Waals surface area contributed by atoms with Crippen molar-refractivity contribution in [3.05, 3.63) is 29.3 Å². The van der Waals surface area contributed by atoms with Gasteiger partial charge < -0.3 is 10.4 Å². The van der Waals surface area contributed by atoms with Gasteiger partial charge in [-0.2, -0.15) is 0 Å². The van der Waals surface area contributed by atoms with Crippen LogP contribution in [0.2, 0.25) is 0 Å². The van der Waals surface area contributed by atoms with E-state index in [9.17, 15) is 9.50 Å². The first-order valence-electron chi connectivity index (χ1n) is 4.81. The number of nitrogens with one attached hydrogen (secondary N) is 1. The highest BCUT2D eigenvalue weighted by Gasteiger charge is 2.29. The van der Waals surface area contributed by atoms with Gasteiger partial charge in [-0.15, -0.1) is 0 Å². The van der Waals surface area contributed by atoms with Crippen molar-refractivity contribution in [2.75, 3.05) is 6.54 Å². The van der Waals surface area contributed by atoms with Crippen LogP contribution in [0.5, 0.6) is 5.75 Å².